The molecule has 0 aliphatic rings. The van der Waals surface area contributed by atoms with Gasteiger partial charge in [0.1, 0.15) is 11.0 Å². The molecular formula is C16H15ClFN5O. The minimum Gasteiger partial charge on any atom is -0.305 e. The maximum Gasteiger partial charge on any atom is 0.261 e. The molecule has 2 aromatic heterocycles. The van der Waals surface area contributed by atoms with Crippen LogP contribution in [0.4, 0.5) is 10.2 Å². The number of nitrogens with one attached hydrogen (secondary N) is 1. The highest BCUT2D eigenvalue weighted by molar-refractivity contribution is 6.33. The highest BCUT2D eigenvalue weighted by Gasteiger charge is 2.21. The summed E-state index contributed by atoms with van der Waals surface area (Å²) < 4.78 is 16.1. The molecule has 0 saturated carbocycles. The molecule has 1 amide bonds. The second-order valence-electron chi connectivity index (χ2n) is 5.36. The van der Waals surface area contributed by atoms with Gasteiger partial charge in [-0.25, -0.2) is 9.07 Å². The number of aromatic nitrogens is 4. The topological polar surface area (TPSA) is 64.7 Å². The van der Waals surface area contributed by atoms with Crippen molar-refractivity contribution in [3.8, 4) is 0 Å². The molecule has 3 aromatic rings. The monoisotopic (exact) mass is 347 g/mol. The first-order chi connectivity index (χ1) is 11.4. The van der Waals surface area contributed by atoms with Gasteiger partial charge in [0.25, 0.3) is 5.91 Å². The van der Waals surface area contributed by atoms with Crippen LogP contribution >= 0.6 is 11.6 Å². The predicted molar refractivity (Wildman–Crippen MR) is 88.6 cm³/mol. The average molecular weight is 348 g/mol. The number of hydrogen-bond acceptors (Lipinski definition) is 3. The second kappa shape index (κ2) is 6.45. The van der Waals surface area contributed by atoms with Gasteiger partial charge in [-0.05, 0) is 24.6 Å². The van der Waals surface area contributed by atoms with E-state index in [0.29, 0.717) is 23.6 Å². The van der Waals surface area contributed by atoms with Gasteiger partial charge < -0.3 is 5.32 Å². The lowest BCUT2D eigenvalue weighted by molar-refractivity contribution is 0.102. The van der Waals surface area contributed by atoms with Crippen LogP contribution in [-0.2, 0) is 13.6 Å². The van der Waals surface area contributed by atoms with Crippen molar-refractivity contribution in [2.45, 2.75) is 13.5 Å². The molecule has 0 aliphatic carbocycles. The summed E-state index contributed by atoms with van der Waals surface area (Å²) in [6.07, 6.45) is 1.72. The zero-order valence-electron chi connectivity index (χ0n) is 13.1. The Hall–Kier alpha value is -2.67. The number of amides is 1. The van der Waals surface area contributed by atoms with Gasteiger partial charge in [0, 0.05) is 19.3 Å². The van der Waals surface area contributed by atoms with E-state index in [4.69, 9.17) is 11.6 Å². The Morgan fingerprint density at radius 2 is 1.96 bits per heavy atom. The van der Waals surface area contributed by atoms with Gasteiger partial charge in [-0.2, -0.15) is 10.2 Å². The summed E-state index contributed by atoms with van der Waals surface area (Å²) in [6, 6.07) is 7.72. The van der Waals surface area contributed by atoms with E-state index in [1.807, 2.05) is 0 Å². The van der Waals surface area contributed by atoms with E-state index >= 15 is 0 Å². The molecule has 1 N–H and O–H groups in total. The molecule has 0 radical (unpaired) electrons. The van der Waals surface area contributed by atoms with Crippen molar-refractivity contribution >= 4 is 23.3 Å². The summed E-state index contributed by atoms with van der Waals surface area (Å²) in [7, 11) is 1.76. The molecule has 124 valence electrons. The molecule has 1 aromatic carbocycles. The summed E-state index contributed by atoms with van der Waals surface area (Å²) in [4.78, 5) is 12.4. The third kappa shape index (κ3) is 3.30. The fourth-order valence-electron chi connectivity index (χ4n) is 2.34. The van der Waals surface area contributed by atoms with E-state index in [1.54, 1.807) is 43.0 Å². The van der Waals surface area contributed by atoms with E-state index in [9.17, 15) is 9.18 Å². The van der Waals surface area contributed by atoms with Crippen molar-refractivity contribution in [2.24, 2.45) is 7.05 Å². The quantitative estimate of drug-likeness (QED) is 0.789. The van der Waals surface area contributed by atoms with Crippen LogP contribution < -0.4 is 5.32 Å². The molecule has 0 atom stereocenters. The molecule has 6 nitrogen and oxygen atoms in total. The number of hydrogen-bond donors (Lipinski definition) is 1. The number of halogens is 2. The maximum absolute atomic E-state index is 13.0. The molecule has 0 saturated heterocycles. The van der Waals surface area contributed by atoms with Crippen LogP contribution in [0.15, 0.2) is 36.5 Å². The normalized spacial score (nSPS) is 10.8. The van der Waals surface area contributed by atoms with E-state index in [2.05, 4.69) is 15.5 Å². The van der Waals surface area contributed by atoms with Crippen molar-refractivity contribution in [1.29, 1.82) is 0 Å². The Kier molecular flexibility index (Phi) is 4.35. The largest absolute Gasteiger partial charge is 0.305 e. The van der Waals surface area contributed by atoms with Crippen molar-refractivity contribution in [1.82, 2.24) is 19.6 Å². The van der Waals surface area contributed by atoms with Crippen LogP contribution in [0.5, 0.6) is 0 Å². The lowest BCUT2D eigenvalue weighted by Gasteiger charge is -2.04. The number of aryl methyl sites for hydroxylation is 2. The highest BCUT2D eigenvalue weighted by Crippen LogP contribution is 2.22. The van der Waals surface area contributed by atoms with Crippen molar-refractivity contribution in [2.75, 3.05) is 5.32 Å². The predicted octanol–water partition coefficient (Wildman–Crippen LogP) is 3.02. The third-order valence-corrected chi connectivity index (χ3v) is 3.88. The minimum atomic E-state index is -0.374. The van der Waals surface area contributed by atoms with Gasteiger partial charge in [-0.3, -0.25) is 9.48 Å². The van der Waals surface area contributed by atoms with Crippen LogP contribution in [0.3, 0.4) is 0 Å². The zero-order valence-corrected chi connectivity index (χ0v) is 13.9. The maximum atomic E-state index is 13.0. The lowest BCUT2D eigenvalue weighted by atomic mass is 10.2. The Labute approximate surface area is 142 Å². The molecular weight excluding hydrogens is 333 g/mol. The molecule has 3 rings (SSSR count). The first kappa shape index (κ1) is 16.2. The van der Waals surface area contributed by atoms with Crippen molar-refractivity contribution < 1.29 is 9.18 Å². The fourth-order valence-corrected chi connectivity index (χ4v) is 2.66. The summed E-state index contributed by atoms with van der Waals surface area (Å²) in [6.45, 7) is 2.05. The third-order valence-electron chi connectivity index (χ3n) is 3.49. The van der Waals surface area contributed by atoms with Gasteiger partial charge in [0.05, 0.1) is 17.8 Å². The van der Waals surface area contributed by atoms with E-state index < -0.39 is 0 Å². The van der Waals surface area contributed by atoms with Gasteiger partial charge in [-0.1, -0.05) is 23.7 Å². The van der Waals surface area contributed by atoms with E-state index in [1.165, 1.54) is 16.8 Å². The number of carbonyl (C=O) groups excluding carboxylic acids is 1. The molecule has 8 heteroatoms. The van der Waals surface area contributed by atoms with Gasteiger partial charge in [0.15, 0.2) is 5.82 Å². The Balaban J connectivity index is 1.83. The number of rotatable bonds is 4. The van der Waals surface area contributed by atoms with Crippen LogP contribution in [-0.4, -0.2) is 25.5 Å². The summed E-state index contributed by atoms with van der Waals surface area (Å²) in [5.41, 5.74) is 1.64. The molecule has 0 spiro atoms. The van der Waals surface area contributed by atoms with Crippen molar-refractivity contribution in [3.63, 3.8) is 0 Å². The smallest absolute Gasteiger partial charge is 0.261 e. The molecule has 2 heterocycles. The Morgan fingerprint density at radius 3 is 2.58 bits per heavy atom. The van der Waals surface area contributed by atoms with Gasteiger partial charge in [0.2, 0.25) is 0 Å². The minimum absolute atomic E-state index is 0.227. The Morgan fingerprint density at radius 1 is 1.25 bits per heavy atom. The standard InChI is InChI=1S/C16H15ClFN5O/c1-10-14(16(24)19-13-7-8-22(2)21-13)15(17)23(20-10)9-11-3-5-12(18)6-4-11/h3-8H,9H2,1-2H3,(H,19,21,24). The van der Waals surface area contributed by atoms with Crippen molar-refractivity contribution in [3.05, 3.63) is 64.3 Å². The summed E-state index contributed by atoms with van der Waals surface area (Å²) in [5.74, 6) is -0.247. The van der Waals surface area contributed by atoms with Crippen LogP contribution in [0, 0.1) is 12.7 Å². The molecule has 0 fully saturated rings. The molecule has 0 aliphatic heterocycles. The SMILES string of the molecule is Cc1nn(Cc2ccc(F)cc2)c(Cl)c1C(=O)Nc1ccn(C)n1. The number of carbonyl (C=O) groups is 1. The summed E-state index contributed by atoms with van der Waals surface area (Å²) in [5, 5.41) is 11.3. The number of benzene rings is 1. The first-order valence-corrected chi connectivity index (χ1v) is 7.60. The fraction of sp³-hybridized carbons (Fsp3) is 0.188. The molecule has 0 unspecified atom stereocenters. The van der Waals surface area contributed by atoms with E-state index in [-0.39, 0.29) is 16.9 Å². The second-order valence-corrected chi connectivity index (χ2v) is 5.72. The van der Waals surface area contributed by atoms with E-state index in [0.717, 1.165) is 5.56 Å². The average Bonchev–Trinajstić information content (AvgIpc) is 3.05. The molecule has 0 bridgehead atoms. The van der Waals surface area contributed by atoms with Crippen LogP contribution in [0.2, 0.25) is 5.15 Å². The first-order valence-electron chi connectivity index (χ1n) is 7.22. The van der Waals surface area contributed by atoms with Crippen LogP contribution in [0.1, 0.15) is 21.6 Å². The van der Waals surface area contributed by atoms with Gasteiger partial charge in [-0.15, -0.1) is 0 Å². The van der Waals surface area contributed by atoms with Gasteiger partial charge >= 0.3 is 0 Å². The number of nitrogens with zero attached hydrogens (tertiary/aromatic N) is 4. The molecule has 24 heavy (non-hydrogen) atoms. The zero-order chi connectivity index (χ0) is 17.3. The number of anilines is 1. The Bertz CT molecular complexity index is 885. The van der Waals surface area contributed by atoms with Crippen LogP contribution in [0.25, 0.3) is 0 Å². The highest BCUT2D eigenvalue weighted by atomic mass is 35.5. The summed E-state index contributed by atoms with van der Waals surface area (Å²) >= 11 is 6.32. The lowest BCUT2D eigenvalue weighted by Crippen LogP contribution is -2.14.